The Morgan fingerprint density at radius 3 is 2.93 bits per heavy atom. The number of hydrogen-bond acceptors (Lipinski definition) is 2. The van der Waals surface area contributed by atoms with Gasteiger partial charge in [0.15, 0.2) is 0 Å². The Morgan fingerprint density at radius 2 is 2.21 bits per heavy atom. The van der Waals surface area contributed by atoms with Gasteiger partial charge in [0.05, 0.1) is 5.60 Å². The van der Waals surface area contributed by atoms with Crippen molar-refractivity contribution in [1.82, 2.24) is 5.32 Å². The molecule has 0 amide bonds. The van der Waals surface area contributed by atoms with Crippen LogP contribution in [-0.4, -0.2) is 23.3 Å². The maximum absolute atomic E-state index is 10.8. The predicted octanol–water partition coefficient (Wildman–Crippen LogP) is 1.39. The third kappa shape index (κ3) is 0.989. The van der Waals surface area contributed by atoms with Crippen LogP contribution in [0.1, 0.15) is 33.1 Å². The van der Waals surface area contributed by atoms with E-state index in [0.29, 0.717) is 17.9 Å². The first-order chi connectivity index (χ1) is 6.61. The predicted molar refractivity (Wildman–Crippen MR) is 55.9 cm³/mol. The van der Waals surface area contributed by atoms with Gasteiger partial charge in [-0.1, -0.05) is 13.8 Å². The van der Waals surface area contributed by atoms with E-state index in [4.69, 9.17) is 0 Å². The Labute approximate surface area is 86.1 Å². The number of aliphatic hydroxyl groups is 1. The molecule has 2 bridgehead atoms. The Kier molecular flexibility index (Phi) is 1.79. The van der Waals surface area contributed by atoms with Gasteiger partial charge in [0, 0.05) is 6.04 Å². The van der Waals surface area contributed by atoms with Gasteiger partial charge in [-0.2, -0.15) is 0 Å². The van der Waals surface area contributed by atoms with Crippen LogP contribution in [0.5, 0.6) is 0 Å². The van der Waals surface area contributed by atoms with Crippen molar-refractivity contribution in [2.24, 2.45) is 23.7 Å². The van der Waals surface area contributed by atoms with E-state index in [-0.39, 0.29) is 5.60 Å². The van der Waals surface area contributed by atoms with Gasteiger partial charge in [-0.25, -0.2) is 0 Å². The quantitative estimate of drug-likeness (QED) is 0.698. The van der Waals surface area contributed by atoms with E-state index >= 15 is 0 Å². The summed E-state index contributed by atoms with van der Waals surface area (Å²) < 4.78 is 0. The van der Waals surface area contributed by atoms with Crippen LogP contribution in [0.2, 0.25) is 0 Å². The summed E-state index contributed by atoms with van der Waals surface area (Å²) in [6.45, 7) is 5.60. The highest BCUT2D eigenvalue weighted by molar-refractivity contribution is 5.17. The van der Waals surface area contributed by atoms with Crippen molar-refractivity contribution in [1.29, 1.82) is 0 Å². The minimum absolute atomic E-state index is 0.369. The van der Waals surface area contributed by atoms with Crippen LogP contribution in [0, 0.1) is 23.7 Å². The second-order valence-corrected chi connectivity index (χ2v) is 6.07. The summed E-state index contributed by atoms with van der Waals surface area (Å²) in [5.74, 6) is 2.89. The van der Waals surface area contributed by atoms with Crippen LogP contribution in [0.4, 0.5) is 0 Å². The van der Waals surface area contributed by atoms with E-state index in [1.165, 1.54) is 12.8 Å². The van der Waals surface area contributed by atoms with E-state index in [1.54, 1.807) is 0 Å². The highest BCUT2D eigenvalue weighted by atomic mass is 16.3. The monoisotopic (exact) mass is 195 g/mol. The molecule has 80 valence electrons. The molecule has 0 aromatic heterocycles. The van der Waals surface area contributed by atoms with Crippen molar-refractivity contribution in [2.45, 2.75) is 44.8 Å². The molecule has 3 rings (SSSR count). The van der Waals surface area contributed by atoms with Gasteiger partial charge in [0.2, 0.25) is 0 Å². The van der Waals surface area contributed by atoms with Crippen LogP contribution >= 0.6 is 0 Å². The van der Waals surface area contributed by atoms with Crippen LogP contribution < -0.4 is 5.32 Å². The summed E-state index contributed by atoms with van der Waals surface area (Å²) in [7, 11) is 0. The molecule has 2 saturated carbocycles. The Bertz CT molecular complexity index is 251. The maximum atomic E-state index is 10.8. The summed E-state index contributed by atoms with van der Waals surface area (Å²) >= 11 is 0. The van der Waals surface area contributed by atoms with Crippen LogP contribution in [-0.2, 0) is 0 Å². The average molecular weight is 195 g/mol. The maximum Gasteiger partial charge on any atom is 0.0833 e. The van der Waals surface area contributed by atoms with E-state index < -0.39 is 0 Å². The Hall–Kier alpha value is -0.0800. The van der Waals surface area contributed by atoms with E-state index in [2.05, 4.69) is 19.2 Å². The molecule has 2 nitrogen and oxygen atoms in total. The van der Waals surface area contributed by atoms with Gasteiger partial charge >= 0.3 is 0 Å². The zero-order valence-corrected chi connectivity index (χ0v) is 9.16. The molecule has 0 aromatic carbocycles. The van der Waals surface area contributed by atoms with Crippen molar-refractivity contribution in [3.8, 4) is 0 Å². The number of rotatable bonds is 2. The smallest absolute Gasteiger partial charge is 0.0833 e. The second kappa shape index (κ2) is 2.73. The lowest BCUT2D eigenvalue weighted by Gasteiger charge is -2.38. The molecule has 3 aliphatic rings. The second-order valence-electron chi connectivity index (χ2n) is 6.07. The van der Waals surface area contributed by atoms with Crippen molar-refractivity contribution < 1.29 is 5.11 Å². The molecule has 2 N–H and O–H groups in total. The normalized spacial score (nSPS) is 54.9. The third-order valence-corrected chi connectivity index (χ3v) is 4.76. The highest BCUT2D eigenvalue weighted by Gasteiger charge is 2.63. The standard InChI is InChI=1S/C12H21NO/c1-7(2)5-12(14)9-3-8-6-13-11(12)10(8)4-9/h7-11,13-14H,3-6H2,1-2H3. The Morgan fingerprint density at radius 1 is 1.43 bits per heavy atom. The molecule has 0 aromatic rings. The van der Waals surface area contributed by atoms with Gasteiger partial charge in [-0.05, 0) is 49.5 Å². The molecular formula is C12H21NO. The van der Waals surface area contributed by atoms with Gasteiger partial charge in [0.25, 0.3) is 0 Å². The number of fused-ring (bicyclic) bond motifs is 1. The zero-order valence-electron chi connectivity index (χ0n) is 9.16. The molecular weight excluding hydrogens is 174 g/mol. The fourth-order valence-electron chi connectivity index (χ4n) is 4.39. The molecule has 3 fully saturated rings. The van der Waals surface area contributed by atoms with E-state index in [0.717, 1.165) is 24.8 Å². The van der Waals surface area contributed by atoms with E-state index in [9.17, 15) is 5.11 Å². The molecule has 0 radical (unpaired) electrons. The van der Waals surface area contributed by atoms with Crippen molar-refractivity contribution >= 4 is 0 Å². The lowest BCUT2D eigenvalue weighted by Crippen LogP contribution is -2.51. The van der Waals surface area contributed by atoms with Crippen LogP contribution in [0.25, 0.3) is 0 Å². The molecule has 0 spiro atoms. The van der Waals surface area contributed by atoms with Gasteiger partial charge in [-0.3, -0.25) is 0 Å². The van der Waals surface area contributed by atoms with Crippen molar-refractivity contribution in [3.05, 3.63) is 0 Å². The zero-order chi connectivity index (χ0) is 9.92. The van der Waals surface area contributed by atoms with Crippen LogP contribution in [0.3, 0.4) is 0 Å². The lowest BCUT2D eigenvalue weighted by atomic mass is 9.74. The minimum Gasteiger partial charge on any atom is -0.388 e. The fraction of sp³-hybridized carbons (Fsp3) is 1.00. The Balaban J connectivity index is 1.87. The third-order valence-electron chi connectivity index (χ3n) is 4.76. The molecule has 5 unspecified atom stereocenters. The number of hydrogen-bond donors (Lipinski definition) is 2. The largest absolute Gasteiger partial charge is 0.388 e. The minimum atomic E-state index is -0.369. The summed E-state index contributed by atoms with van der Waals surface area (Å²) in [6, 6.07) is 0.425. The lowest BCUT2D eigenvalue weighted by molar-refractivity contribution is -0.0475. The SMILES string of the molecule is CC(C)CC1(O)C2CC3CNC1C3C2. The molecule has 1 aliphatic heterocycles. The number of nitrogens with one attached hydrogen (secondary N) is 1. The molecule has 14 heavy (non-hydrogen) atoms. The average Bonchev–Trinajstić information content (AvgIpc) is 2.60. The van der Waals surface area contributed by atoms with Crippen molar-refractivity contribution in [2.75, 3.05) is 6.54 Å². The first-order valence-electron chi connectivity index (χ1n) is 6.07. The summed E-state index contributed by atoms with van der Waals surface area (Å²) in [6.07, 6.45) is 3.54. The summed E-state index contributed by atoms with van der Waals surface area (Å²) in [4.78, 5) is 0. The molecule has 1 heterocycles. The van der Waals surface area contributed by atoms with Gasteiger partial charge < -0.3 is 10.4 Å². The molecule has 2 heteroatoms. The molecule has 1 saturated heterocycles. The highest BCUT2D eigenvalue weighted by Crippen LogP contribution is 2.58. The topological polar surface area (TPSA) is 32.3 Å². The van der Waals surface area contributed by atoms with Gasteiger partial charge in [0.1, 0.15) is 0 Å². The first-order valence-corrected chi connectivity index (χ1v) is 6.07. The summed E-state index contributed by atoms with van der Waals surface area (Å²) in [5, 5.41) is 14.3. The van der Waals surface area contributed by atoms with Gasteiger partial charge in [-0.15, -0.1) is 0 Å². The molecule has 2 aliphatic carbocycles. The summed E-state index contributed by atoms with van der Waals surface area (Å²) in [5.41, 5.74) is -0.369. The fourth-order valence-corrected chi connectivity index (χ4v) is 4.39. The first kappa shape index (κ1) is 9.17. The molecule has 5 atom stereocenters. The van der Waals surface area contributed by atoms with Crippen molar-refractivity contribution in [3.63, 3.8) is 0 Å². The van der Waals surface area contributed by atoms with E-state index in [1.807, 2.05) is 0 Å². The van der Waals surface area contributed by atoms with Crippen LogP contribution in [0.15, 0.2) is 0 Å².